The minimum absolute atomic E-state index is 0.0688. The number of rotatable bonds is 4. The Hall–Kier alpha value is -2.75. The molecule has 2 aromatic rings. The molecule has 1 aromatic carbocycles. The van der Waals surface area contributed by atoms with Crippen LogP contribution in [0.5, 0.6) is 0 Å². The summed E-state index contributed by atoms with van der Waals surface area (Å²) < 4.78 is 1.48. The summed E-state index contributed by atoms with van der Waals surface area (Å²) in [5.41, 5.74) is 7.50. The smallest absolute Gasteiger partial charge is 0.328 e. The number of benzene rings is 1. The van der Waals surface area contributed by atoms with E-state index >= 15 is 0 Å². The highest BCUT2D eigenvalue weighted by Gasteiger charge is 2.29. The van der Waals surface area contributed by atoms with E-state index in [1.165, 1.54) is 10.1 Å². The summed E-state index contributed by atoms with van der Waals surface area (Å²) in [6.07, 6.45) is 3.72. The predicted octanol–water partition coefficient (Wildman–Crippen LogP) is 1.37. The summed E-state index contributed by atoms with van der Waals surface area (Å²) in [4.78, 5) is 33.6. The van der Waals surface area contributed by atoms with E-state index in [0.717, 1.165) is 51.3 Å². The van der Waals surface area contributed by atoms with Crippen molar-refractivity contribution in [1.82, 2.24) is 24.7 Å². The summed E-state index contributed by atoms with van der Waals surface area (Å²) in [6, 6.07) is 9.81. The predicted molar refractivity (Wildman–Crippen MR) is 125 cm³/mol. The lowest BCUT2D eigenvalue weighted by molar-refractivity contribution is 0.143. The molecule has 9 nitrogen and oxygen atoms in total. The van der Waals surface area contributed by atoms with Crippen molar-refractivity contribution in [2.24, 2.45) is 5.73 Å². The SMILES string of the molecule is C[C@@H]1CNC[C@H](C)N1C(=O)Nc1ccn(-c2ccc(CN3CCC(N)CC3)cc2)c(=O)n1. The molecule has 2 fully saturated rings. The van der Waals surface area contributed by atoms with E-state index in [1.807, 2.05) is 38.1 Å². The monoisotopic (exact) mass is 439 g/mol. The van der Waals surface area contributed by atoms with Crippen molar-refractivity contribution >= 4 is 11.8 Å². The summed E-state index contributed by atoms with van der Waals surface area (Å²) in [5, 5.41) is 6.07. The van der Waals surface area contributed by atoms with E-state index in [2.05, 4.69) is 20.5 Å². The van der Waals surface area contributed by atoms with Crippen LogP contribution in [0.15, 0.2) is 41.3 Å². The highest BCUT2D eigenvalue weighted by Crippen LogP contribution is 2.15. The second kappa shape index (κ2) is 9.81. The standard InChI is InChI=1S/C23H33N7O2/c1-16-13-25-14-17(2)30(16)23(32)27-21-9-12-29(22(31)26-21)20-5-3-18(4-6-20)15-28-10-7-19(24)8-11-28/h3-6,9,12,16-17,19,25H,7-8,10-11,13-15,24H2,1-2H3,(H,26,27,31,32)/t16-,17+. The number of amides is 2. The zero-order valence-corrected chi connectivity index (χ0v) is 18.8. The number of nitrogens with one attached hydrogen (secondary N) is 2. The number of carbonyl (C=O) groups is 1. The lowest BCUT2D eigenvalue weighted by atomic mass is 10.1. The van der Waals surface area contributed by atoms with Crippen molar-refractivity contribution in [3.63, 3.8) is 0 Å². The van der Waals surface area contributed by atoms with Gasteiger partial charge in [0.2, 0.25) is 0 Å². The maximum atomic E-state index is 12.7. The zero-order valence-electron chi connectivity index (χ0n) is 18.8. The number of nitrogens with zero attached hydrogens (tertiary/aromatic N) is 4. The van der Waals surface area contributed by atoms with Crippen molar-refractivity contribution in [3.8, 4) is 5.69 Å². The molecule has 0 radical (unpaired) electrons. The minimum atomic E-state index is -0.429. The first-order valence-corrected chi connectivity index (χ1v) is 11.4. The molecule has 0 aliphatic carbocycles. The molecule has 4 rings (SSSR count). The maximum absolute atomic E-state index is 12.7. The number of nitrogens with two attached hydrogens (primary N) is 1. The fourth-order valence-corrected chi connectivity index (χ4v) is 4.51. The van der Waals surface area contributed by atoms with Crippen LogP contribution in [0.1, 0.15) is 32.3 Å². The third-order valence-corrected chi connectivity index (χ3v) is 6.36. The van der Waals surface area contributed by atoms with Crippen molar-refractivity contribution in [2.75, 3.05) is 31.5 Å². The van der Waals surface area contributed by atoms with E-state index in [4.69, 9.17) is 5.73 Å². The van der Waals surface area contributed by atoms with Gasteiger partial charge in [0, 0.05) is 44.0 Å². The molecular weight excluding hydrogens is 406 g/mol. The summed E-state index contributed by atoms with van der Waals surface area (Å²) in [5.74, 6) is 0.258. The van der Waals surface area contributed by atoms with E-state index < -0.39 is 5.69 Å². The van der Waals surface area contributed by atoms with Gasteiger partial charge in [0.25, 0.3) is 0 Å². The molecule has 0 saturated carbocycles. The number of urea groups is 1. The lowest BCUT2D eigenvalue weighted by Crippen LogP contribution is -2.58. The van der Waals surface area contributed by atoms with Crippen LogP contribution >= 0.6 is 0 Å². The fraction of sp³-hybridized carbons (Fsp3) is 0.522. The third-order valence-electron chi connectivity index (χ3n) is 6.36. The molecule has 0 spiro atoms. The number of aromatic nitrogens is 2. The molecule has 32 heavy (non-hydrogen) atoms. The molecule has 9 heteroatoms. The second-order valence-corrected chi connectivity index (χ2v) is 8.94. The largest absolute Gasteiger partial charge is 0.354 e. The van der Waals surface area contributed by atoms with Crippen molar-refractivity contribution in [1.29, 1.82) is 0 Å². The highest BCUT2D eigenvalue weighted by atomic mass is 16.2. The Morgan fingerprint density at radius 3 is 2.41 bits per heavy atom. The summed E-state index contributed by atoms with van der Waals surface area (Å²) in [6.45, 7) is 8.40. The minimum Gasteiger partial charge on any atom is -0.328 e. The number of piperazine rings is 1. The second-order valence-electron chi connectivity index (χ2n) is 8.94. The quantitative estimate of drug-likeness (QED) is 0.664. The van der Waals surface area contributed by atoms with Gasteiger partial charge in [0.1, 0.15) is 5.82 Å². The number of hydrogen-bond donors (Lipinski definition) is 3. The Morgan fingerprint density at radius 2 is 1.78 bits per heavy atom. The van der Waals surface area contributed by atoms with Crippen LogP contribution in [-0.4, -0.2) is 69.7 Å². The normalized spacial score (nSPS) is 22.7. The van der Waals surface area contributed by atoms with Gasteiger partial charge >= 0.3 is 11.7 Å². The molecule has 2 amide bonds. The number of anilines is 1. The van der Waals surface area contributed by atoms with Crippen LogP contribution in [0.4, 0.5) is 10.6 Å². The maximum Gasteiger partial charge on any atom is 0.354 e. The molecule has 2 saturated heterocycles. The van der Waals surface area contributed by atoms with Gasteiger partial charge in [-0.05, 0) is 63.5 Å². The highest BCUT2D eigenvalue weighted by molar-refractivity contribution is 5.88. The molecule has 3 heterocycles. The van der Waals surface area contributed by atoms with Gasteiger partial charge in [-0.1, -0.05) is 12.1 Å². The van der Waals surface area contributed by atoms with Crippen LogP contribution in [-0.2, 0) is 6.54 Å². The van der Waals surface area contributed by atoms with Crippen molar-refractivity contribution in [2.45, 2.75) is 51.4 Å². The van der Waals surface area contributed by atoms with Gasteiger partial charge in [0.15, 0.2) is 0 Å². The molecule has 1 aromatic heterocycles. The molecule has 2 atom stereocenters. The Balaban J connectivity index is 1.40. The molecule has 0 unspecified atom stereocenters. The summed E-state index contributed by atoms with van der Waals surface area (Å²) >= 11 is 0. The molecule has 0 bridgehead atoms. The van der Waals surface area contributed by atoms with E-state index in [-0.39, 0.29) is 23.9 Å². The number of carbonyl (C=O) groups excluding carboxylic acids is 1. The Kier molecular flexibility index (Phi) is 6.88. The van der Waals surface area contributed by atoms with Crippen molar-refractivity contribution < 1.29 is 4.79 Å². The first kappa shape index (κ1) is 22.4. The Labute approximate surface area is 188 Å². The van der Waals surface area contributed by atoms with Crippen LogP contribution < -0.4 is 22.1 Å². The zero-order chi connectivity index (χ0) is 22.7. The van der Waals surface area contributed by atoms with Crippen LogP contribution in [0.25, 0.3) is 5.69 Å². The lowest BCUT2D eigenvalue weighted by Gasteiger charge is -2.39. The van der Waals surface area contributed by atoms with Gasteiger partial charge in [0.05, 0.1) is 5.69 Å². The molecular formula is C23H33N7O2. The van der Waals surface area contributed by atoms with Gasteiger partial charge < -0.3 is 16.0 Å². The van der Waals surface area contributed by atoms with Gasteiger partial charge in [-0.2, -0.15) is 4.98 Å². The Bertz CT molecular complexity index is 973. The van der Waals surface area contributed by atoms with Crippen LogP contribution in [0.2, 0.25) is 0 Å². The third kappa shape index (κ3) is 5.17. The molecule has 4 N–H and O–H groups in total. The van der Waals surface area contributed by atoms with E-state index in [1.54, 1.807) is 17.2 Å². The van der Waals surface area contributed by atoms with E-state index in [0.29, 0.717) is 6.04 Å². The number of hydrogen-bond acceptors (Lipinski definition) is 6. The topological polar surface area (TPSA) is 109 Å². The first-order valence-electron chi connectivity index (χ1n) is 11.4. The summed E-state index contributed by atoms with van der Waals surface area (Å²) in [7, 11) is 0. The first-order chi connectivity index (χ1) is 15.4. The van der Waals surface area contributed by atoms with Gasteiger partial charge in [-0.15, -0.1) is 0 Å². The average Bonchev–Trinajstić information content (AvgIpc) is 2.76. The van der Waals surface area contributed by atoms with Crippen LogP contribution in [0, 0.1) is 0 Å². The fourth-order valence-electron chi connectivity index (χ4n) is 4.51. The van der Waals surface area contributed by atoms with Gasteiger partial charge in [-0.3, -0.25) is 14.8 Å². The van der Waals surface area contributed by atoms with Crippen LogP contribution in [0.3, 0.4) is 0 Å². The van der Waals surface area contributed by atoms with E-state index in [9.17, 15) is 9.59 Å². The average molecular weight is 440 g/mol. The van der Waals surface area contributed by atoms with Crippen molar-refractivity contribution in [3.05, 3.63) is 52.6 Å². The molecule has 2 aliphatic rings. The number of piperidine rings is 1. The van der Waals surface area contributed by atoms with Gasteiger partial charge in [-0.25, -0.2) is 9.59 Å². The number of likely N-dealkylation sites (tertiary alicyclic amines) is 1. The molecule has 172 valence electrons. The Morgan fingerprint density at radius 1 is 1.12 bits per heavy atom. The molecule has 2 aliphatic heterocycles.